The van der Waals surface area contributed by atoms with Crippen molar-refractivity contribution >= 4 is 40.1 Å². The van der Waals surface area contributed by atoms with Gasteiger partial charge in [-0.25, -0.2) is 0 Å². The fraction of sp³-hybridized carbons (Fsp3) is 0.357. The lowest BCUT2D eigenvalue weighted by atomic mass is 10.0. The predicted octanol–water partition coefficient (Wildman–Crippen LogP) is 4.14. The van der Waals surface area contributed by atoms with Crippen LogP contribution in [-0.4, -0.2) is 17.5 Å². The van der Waals surface area contributed by atoms with E-state index in [0.717, 1.165) is 23.0 Å². The van der Waals surface area contributed by atoms with Gasteiger partial charge in [0, 0.05) is 12.2 Å². The molecule has 0 saturated carbocycles. The van der Waals surface area contributed by atoms with Crippen LogP contribution in [0.15, 0.2) is 23.2 Å². The summed E-state index contributed by atoms with van der Waals surface area (Å²) >= 11 is 14.1. The van der Waals surface area contributed by atoms with Crippen molar-refractivity contribution in [1.82, 2.24) is 5.32 Å². The molecule has 2 rings (SSSR count). The topological polar surface area (TPSA) is 24.4 Å². The molecule has 2 nitrogen and oxygen atoms in total. The molecule has 0 aliphatic carbocycles. The zero-order valence-corrected chi connectivity index (χ0v) is 12.9. The molecular weight excluding hydrogens is 299 g/mol. The van der Waals surface area contributed by atoms with Gasteiger partial charge in [0.15, 0.2) is 5.17 Å². The molecule has 100 valence electrons. The summed E-state index contributed by atoms with van der Waals surface area (Å²) in [6, 6.07) is 5.69. The van der Waals surface area contributed by atoms with Gasteiger partial charge in [0.2, 0.25) is 0 Å². The molecule has 1 N–H and O–H groups in total. The molecule has 1 aliphatic heterocycles. The summed E-state index contributed by atoms with van der Waals surface area (Å²) in [5, 5.41) is 5.51. The number of amidine groups is 1. The fourth-order valence-corrected chi connectivity index (χ4v) is 3.03. The molecule has 19 heavy (non-hydrogen) atoms. The zero-order valence-electron chi connectivity index (χ0n) is 10.5. The zero-order chi connectivity index (χ0) is 13.7. The Hall–Kier alpha value is -0.820. The van der Waals surface area contributed by atoms with E-state index in [1.807, 2.05) is 19.1 Å². The van der Waals surface area contributed by atoms with Gasteiger partial charge in [-0.05, 0) is 18.6 Å². The third kappa shape index (κ3) is 3.82. The summed E-state index contributed by atoms with van der Waals surface area (Å²) in [6.45, 7) is 2.70. The maximum Gasteiger partial charge on any atom is 0.157 e. The number of thioether (sulfide) groups is 1. The van der Waals surface area contributed by atoms with Crippen molar-refractivity contribution in [2.24, 2.45) is 4.99 Å². The number of aliphatic imine (C=N–C) groups is 1. The van der Waals surface area contributed by atoms with Gasteiger partial charge in [0.1, 0.15) is 0 Å². The van der Waals surface area contributed by atoms with Crippen LogP contribution in [0.5, 0.6) is 0 Å². The minimum Gasteiger partial charge on any atom is -0.357 e. The molecule has 0 saturated heterocycles. The van der Waals surface area contributed by atoms with Gasteiger partial charge < -0.3 is 5.32 Å². The lowest BCUT2D eigenvalue weighted by Gasteiger charge is -2.19. The van der Waals surface area contributed by atoms with Crippen molar-refractivity contribution in [1.29, 1.82) is 0 Å². The van der Waals surface area contributed by atoms with Crippen molar-refractivity contribution in [2.75, 3.05) is 12.3 Å². The van der Waals surface area contributed by atoms with Crippen molar-refractivity contribution in [3.05, 3.63) is 33.8 Å². The molecule has 1 unspecified atom stereocenters. The second-order valence-corrected chi connectivity index (χ2v) is 5.87. The number of nitrogens with zero attached hydrogens (tertiary/aromatic N) is 1. The molecule has 0 amide bonds. The standard InChI is InChI=1S/C14H14Cl2N2S/c1-2-3-7-12(18-14-17-8-9-19-14)10-5-4-6-11(15)13(10)16/h4-6,12H,7-9H2,1H3,(H,17,18). The number of benzene rings is 1. The third-order valence-corrected chi connectivity index (χ3v) is 4.46. The highest BCUT2D eigenvalue weighted by Crippen LogP contribution is 2.31. The van der Waals surface area contributed by atoms with E-state index in [2.05, 4.69) is 22.2 Å². The van der Waals surface area contributed by atoms with E-state index in [0.29, 0.717) is 16.5 Å². The molecule has 0 spiro atoms. The van der Waals surface area contributed by atoms with E-state index in [9.17, 15) is 0 Å². The Labute approximate surface area is 128 Å². The summed E-state index contributed by atoms with van der Waals surface area (Å²) in [4.78, 5) is 4.41. The summed E-state index contributed by atoms with van der Waals surface area (Å²) in [5.41, 5.74) is 0.965. The van der Waals surface area contributed by atoms with Gasteiger partial charge in [-0.15, -0.1) is 11.8 Å². The second kappa shape index (κ2) is 7.09. The lowest BCUT2D eigenvalue weighted by Crippen LogP contribution is -2.25. The van der Waals surface area contributed by atoms with E-state index in [-0.39, 0.29) is 6.04 Å². The summed E-state index contributed by atoms with van der Waals surface area (Å²) in [7, 11) is 0. The third-order valence-electron chi connectivity index (χ3n) is 2.72. The van der Waals surface area contributed by atoms with Gasteiger partial charge in [0.05, 0.1) is 22.6 Å². The first kappa shape index (κ1) is 14.6. The Morgan fingerprint density at radius 3 is 3.00 bits per heavy atom. The normalized spacial score (nSPS) is 15.4. The quantitative estimate of drug-likeness (QED) is 0.848. The highest BCUT2D eigenvalue weighted by molar-refractivity contribution is 8.14. The SMILES string of the molecule is CC#CCC(NC1=NCCS1)c1cccc(Cl)c1Cl. The first-order valence-corrected chi connectivity index (χ1v) is 7.74. The van der Waals surface area contributed by atoms with Crippen LogP contribution < -0.4 is 5.32 Å². The Kier molecular flexibility index (Phi) is 5.45. The van der Waals surface area contributed by atoms with Crippen molar-refractivity contribution in [3.8, 4) is 11.8 Å². The largest absolute Gasteiger partial charge is 0.357 e. The van der Waals surface area contributed by atoms with Gasteiger partial charge in [-0.2, -0.15) is 0 Å². The van der Waals surface area contributed by atoms with E-state index in [1.165, 1.54) is 0 Å². The average molecular weight is 313 g/mol. The fourth-order valence-electron chi connectivity index (χ4n) is 1.80. The van der Waals surface area contributed by atoms with Crippen molar-refractivity contribution in [2.45, 2.75) is 19.4 Å². The number of hydrogen-bond donors (Lipinski definition) is 1. The van der Waals surface area contributed by atoms with E-state index in [1.54, 1.807) is 17.8 Å². The molecule has 0 radical (unpaired) electrons. The monoisotopic (exact) mass is 312 g/mol. The maximum absolute atomic E-state index is 6.29. The number of nitrogens with one attached hydrogen (secondary N) is 1. The molecule has 1 aromatic rings. The van der Waals surface area contributed by atoms with Crippen LogP contribution in [0.3, 0.4) is 0 Å². The van der Waals surface area contributed by atoms with Gasteiger partial charge in [-0.1, -0.05) is 47.1 Å². The number of rotatable bonds is 3. The Morgan fingerprint density at radius 1 is 1.47 bits per heavy atom. The van der Waals surface area contributed by atoms with Crippen LogP contribution in [-0.2, 0) is 0 Å². The van der Waals surface area contributed by atoms with Gasteiger partial charge in [0.25, 0.3) is 0 Å². The van der Waals surface area contributed by atoms with Gasteiger partial charge >= 0.3 is 0 Å². The predicted molar refractivity (Wildman–Crippen MR) is 85.2 cm³/mol. The van der Waals surface area contributed by atoms with Crippen molar-refractivity contribution in [3.63, 3.8) is 0 Å². The smallest absolute Gasteiger partial charge is 0.157 e. The summed E-state index contributed by atoms with van der Waals surface area (Å²) in [6.07, 6.45) is 0.677. The van der Waals surface area contributed by atoms with Crippen LogP contribution >= 0.6 is 35.0 Å². The molecule has 1 aliphatic rings. The maximum atomic E-state index is 6.29. The first-order chi connectivity index (χ1) is 9.22. The summed E-state index contributed by atoms with van der Waals surface area (Å²) in [5.74, 6) is 7.03. The highest BCUT2D eigenvalue weighted by Gasteiger charge is 2.18. The molecule has 1 aromatic carbocycles. The van der Waals surface area contributed by atoms with E-state index < -0.39 is 0 Å². The lowest BCUT2D eigenvalue weighted by molar-refractivity contribution is 0.673. The van der Waals surface area contributed by atoms with Crippen LogP contribution in [0.4, 0.5) is 0 Å². The molecule has 0 aromatic heterocycles. The summed E-state index contributed by atoms with van der Waals surface area (Å²) < 4.78 is 0. The minimum absolute atomic E-state index is 0.0167. The number of hydrogen-bond acceptors (Lipinski definition) is 3. The van der Waals surface area contributed by atoms with Crippen molar-refractivity contribution < 1.29 is 0 Å². The Morgan fingerprint density at radius 2 is 2.32 bits per heavy atom. The molecule has 1 heterocycles. The van der Waals surface area contributed by atoms with Crippen LogP contribution in [0.25, 0.3) is 0 Å². The van der Waals surface area contributed by atoms with Crippen LogP contribution in [0.2, 0.25) is 10.0 Å². The van der Waals surface area contributed by atoms with Crippen LogP contribution in [0.1, 0.15) is 24.9 Å². The molecular formula is C14H14Cl2N2S. The van der Waals surface area contributed by atoms with Gasteiger partial charge in [-0.3, -0.25) is 4.99 Å². The van der Waals surface area contributed by atoms with E-state index in [4.69, 9.17) is 23.2 Å². The minimum atomic E-state index is 0.0167. The highest BCUT2D eigenvalue weighted by atomic mass is 35.5. The number of halogens is 2. The Bertz CT molecular complexity index is 546. The van der Waals surface area contributed by atoms with Crippen LogP contribution in [0, 0.1) is 11.8 Å². The average Bonchev–Trinajstić information content (AvgIpc) is 2.91. The van der Waals surface area contributed by atoms with E-state index >= 15 is 0 Å². The molecule has 1 atom stereocenters. The molecule has 5 heteroatoms. The molecule has 0 bridgehead atoms. The Balaban J connectivity index is 2.24. The first-order valence-electron chi connectivity index (χ1n) is 5.99. The second-order valence-electron chi connectivity index (χ2n) is 4.01. The molecule has 0 fully saturated rings.